The Bertz CT molecular complexity index is 953. The van der Waals surface area contributed by atoms with Crippen molar-refractivity contribution in [1.82, 2.24) is 15.3 Å². The Balaban J connectivity index is 1.76. The van der Waals surface area contributed by atoms with Gasteiger partial charge in [-0.2, -0.15) is 0 Å². The fourth-order valence-corrected chi connectivity index (χ4v) is 2.96. The van der Waals surface area contributed by atoms with Crippen LogP contribution in [-0.4, -0.2) is 22.1 Å². The molecule has 1 heterocycles. The molecule has 0 aliphatic rings. The van der Waals surface area contributed by atoms with Gasteiger partial charge in [0.15, 0.2) is 0 Å². The number of nitrogens with zero attached hydrogens (tertiary/aromatic N) is 1. The first-order chi connectivity index (χ1) is 12.6. The molecule has 3 aromatic rings. The zero-order chi connectivity index (χ0) is 18.5. The van der Waals surface area contributed by atoms with Gasteiger partial charge >= 0.3 is 0 Å². The van der Waals surface area contributed by atoms with Crippen molar-refractivity contribution in [2.75, 3.05) is 6.26 Å². The molecule has 5 nitrogen and oxygen atoms in total. The maximum absolute atomic E-state index is 12.4. The average molecular weight is 365 g/mol. The van der Waals surface area contributed by atoms with Crippen molar-refractivity contribution in [1.29, 1.82) is 0 Å². The average Bonchev–Trinajstić information content (AvgIpc) is 2.68. The van der Waals surface area contributed by atoms with Gasteiger partial charge in [-0.1, -0.05) is 42.5 Å². The van der Waals surface area contributed by atoms with Crippen LogP contribution in [0.25, 0.3) is 11.4 Å². The highest BCUT2D eigenvalue weighted by Gasteiger charge is 2.16. The molecule has 2 aromatic carbocycles. The lowest BCUT2D eigenvalue weighted by Crippen LogP contribution is -2.32. The predicted molar refractivity (Wildman–Crippen MR) is 104 cm³/mol. The van der Waals surface area contributed by atoms with Gasteiger partial charge in [0.1, 0.15) is 11.4 Å². The summed E-state index contributed by atoms with van der Waals surface area (Å²) in [6.45, 7) is 1.88. The lowest BCUT2D eigenvalue weighted by molar-refractivity contribution is 0.0938. The molecule has 0 spiro atoms. The second-order valence-corrected chi connectivity index (χ2v) is 6.69. The van der Waals surface area contributed by atoms with Gasteiger partial charge in [-0.25, -0.2) is 4.98 Å². The van der Waals surface area contributed by atoms with Crippen molar-refractivity contribution in [3.63, 3.8) is 0 Å². The van der Waals surface area contributed by atoms with Crippen molar-refractivity contribution in [3.05, 3.63) is 82.3 Å². The Morgan fingerprint density at radius 2 is 1.81 bits per heavy atom. The third-order valence-corrected chi connectivity index (χ3v) is 4.80. The van der Waals surface area contributed by atoms with Crippen LogP contribution in [0.1, 0.15) is 28.9 Å². The quantitative estimate of drug-likeness (QED) is 0.677. The molecule has 3 rings (SSSR count). The van der Waals surface area contributed by atoms with Crippen molar-refractivity contribution >= 4 is 17.7 Å². The first-order valence-corrected chi connectivity index (χ1v) is 9.40. The second kappa shape index (κ2) is 8.01. The number of hydrogen-bond acceptors (Lipinski definition) is 4. The van der Waals surface area contributed by atoms with Crippen LogP contribution in [0.2, 0.25) is 0 Å². The van der Waals surface area contributed by atoms with Gasteiger partial charge in [0, 0.05) is 16.7 Å². The number of carbonyl (C=O) groups is 1. The molecule has 0 saturated heterocycles. The molecule has 1 amide bonds. The van der Waals surface area contributed by atoms with E-state index in [-0.39, 0.29) is 11.6 Å². The van der Waals surface area contributed by atoms with Gasteiger partial charge in [0.05, 0.1) is 6.04 Å². The Morgan fingerprint density at radius 3 is 2.42 bits per heavy atom. The number of thioether (sulfide) groups is 1. The molecule has 0 aliphatic carbocycles. The van der Waals surface area contributed by atoms with Crippen LogP contribution in [0.5, 0.6) is 0 Å². The van der Waals surface area contributed by atoms with Gasteiger partial charge in [0.2, 0.25) is 0 Å². The van der Waals surface area contributed by atoms with Gasteiger partial charge in [0.25, 0.3) is 11.5 Å². The number of carbonyl (C=O) groups excluding carboxylic acids is 1. The van der Waals surface area contributed by atoms with Gasteiger partial charge in [-0.15, -0.1) is 11.8 Å². The minimum atomic E-state index is -0.457. The van der Waals surface area contributed by atoms with E-state index in [0.717, 1.165) is 16.0 Å². The zero-order valence-electron chi connectivity index (χ0n) is 14.5. The van der Waals surface area contributed by atoms with E-state index in [4.69, 9.17) is 0 Å². The van der Waals surface area contributed by atoms with Crippen LogP contribution in [0.15, 0.2) is 70.5 Å². The molecule has 0 fully saturated rings. The van der Waals surface area contributed by atoms with Crippen LogP contribution >= 0.6 is 11.8 Å². The van der Waals surface area contributed by atoms with Gasteiger partial charge in [-0.05, 0) is 30.9 Å². The van der Waals surface area contributed by atoms with E-state index in [2.05, 4.69) is 15.3 Å². The highest BCUT2D eigenvalue weighted by Crippen LogP contribution is 2.19. The minimum Gasteiger partial charge on any atom is -0.345 e. The van der Waals surface area contributed by atoms with Gasteiger partial charge < -0.3 is 10.3 Å². The second-order valence-electron chi connectivity index (χ2n) is 5.81. The summed E-state index contributed by atoms with van der Waals surface area (Å²) >= 11 is 1.66. The smallest absolute Gasteiger partial charge is 0.264 e. The fraction of sp³-hybridized carbons (Fsp3) is 0.150. The maximum atomic E-state index is 12.4. The molecule has 26 heavy (non-hydrogen) atoms. The first-order valence-electron chi connectivity index (χ1n) is 8.18. The Morgan fingerprint density at radius 1 is 1.12 bits per heavy atom. The van der Waals surface area contributed by atoms with E-state index in [0.29, 0.717) is 5.82 Å². The maximum Gasteiger partial charge on any atom is 0.264 e. The zero-order valence-corrected chi connectivity index (χ0v) is 15.3. The van der Waals surface area contributed by atoms with E-state index >= 15 is 0 Å². The van der Waals surface area contributed by atoms with Crippen molar-refractivity contribution in [2.45, 2.75) is 17.9 Å². The molecule has 0 radical (unpaired) electrons. The number of rotatable bonds is 5. The molecule has 0 saturated carbocycles. The predicted octanol–water partition coefficient (Wildman–Crippen LogP) is 3.65. The lowest BCUT2D eigenvalue weighted by Gasteiger charge is -2.14. The molecule has 0 unspecified atom stereocenters. The molecule has 1 atom stereocenters. The molecule has 132 valence electrons. The summed E-state index contributed by atoms with van der Waals surface area (Å²) in [7, 11) is 0. The summed E-state index contributed by atoms with van der Waals surface area (Å²) in [6, 6.07) is 17.0. The summed E-state index contributed by atoms with van der Waals surface area (Å²) in [5.41, 5.74) is 1.30. The summed E-state index contributed by atoms with van der Waals surface area (Å²) in [6.07, 6.45) is 3.33. The van der Waals surface area contributed by atoms with Crippen molar-refractivity contribution in [2.24, 2.45) is 0 Å². The van der Waals surface area contributed by atoms with E-state index in [9.17, 15) is 9.59 Å². The SMILES string of the molecule is CSc1ccc([C@@H](C)NC(=O)c2cnc(-c3ccccc3)[nH]c2=O)cc1. The molecular weight excluding hydrogens is 346 g/mol. The van der Waals surface area contributed by atoms with Crippen LogP contribution in [0, 0.1) is 0 Å². The Hall–Kier alpha value is -2.86. The monoisotopic (exact) mass is 365 g/mol. The number of benzene rings is 2. The number of aromatic amines is 1. The van der Waals surface area contributed by atoms with E-state index in [1.807, 2.05) is 67.8 Å². The number of aromatic nitrogens is 2. The standard InChI is InChI=1S/C20H19N3O2S/c1-13(14-8-10-16(26-2)11-9-14)22-19(24)17-12-21-18(23-20(17)25)15-6-4-3-5-7-15/h3-13H,1-2H3,(H,22,24)(H,21,23,25)/t13-/m1/s1. The number of amides is 1. The van der Waals surface area contributed by atoms with E-state index in [1.165, 1.54) is 6.20 Å². The molecular formula is C20H19N3O2S. The van der Waals surface area contributed by atoms with Crippen LogP contribution in [0.4, 0.5) is 0 Å². The van der Waals surface area contributed by atoms with Crippen molar-refractivity contribution < 1.29 is 4.79 Å². The third kappa shape index (κ3) is 4.03. The number of nitrogens with one attached hydrogen (secondary N) is 2. The molecule has 0 aliphatic heterocycles. The minimum absolute atomic E-state index is 0.00253. The molecule has 1 aromatic heterocycles. The molecule has 6 heteroatoms. The summed E-state index contributed by atoms with van der Waals surface area (Å²) in [5, 5.41) is 2.84. The fourth-order valence-electron chi connectivity index (χ4n) is 2.55. The number of hydrogen-bond donors (Lipinski definition) is 2. The summed E-state index contributed by atoms with van der Waals surface area (Å²) < 4.78 is 0. The summed E-state index contributed by atoms with van der Waals surface area (Å²) in [4.78, 5) is 32.8. The topological polar surface area (TPSA) is 74.8 Å². The van der Waals surface area contributed by atoms with Crippen molar-refractivity contribution in [3.8, 4) is 11.4 Å². The first kappa shape index (κ1) is 17.9. The normalized spacial score (nSPS) is 11.8. The highest BCUT2D eigenvalue weighted by molar-refractivity contribution is 7.98. The lowest BCUT2D eigenvalue weighted by atomic mass is 10.1. The third-order valence-electron chi connectivity index (χ3n) is 4.05. The van der Waals surface area contributed by atoms with Gasteiger partial charge in [-0.3, -0.25) is 9.59 Å². The van der Waals surface area contributed by atoms with Crippen LogP contribution in [0.3, 0.4) is 0 Å². The van der Waals surface area contributed by atoms with E-state index < -0.39 is 11.5 Å². The van der Waals surface area contributed by atoms with Crippen LogP contribution < -0.4 is 10.9 Å². The highest BCUT2D eigenvalue weighted by atomic mass is 32.2. The van der Waals surface area contributed by atoms with E-state index in [1.54, 1.807) is 11.8 Å². The van der Waals surface area contributed by atoms with Crippen LogP contribution in [-0.2, 0) is 0 Å². The number of H-pyrrole nitrogens is 1. The summed E-state index contributed by atoms with van der Waals surface area (Å²) in [5.74, 6) is -0.00680. The Labute approximate surface area is 155 Å². The molecule has 2 N–H and O–H groups in total. The largest absolute Gasteiger partial charge is 0.345 e. The molecule has 0 bridgehead atoms. The Kier molecular flexibility index (Phi) is 5.53.